The fourth-order valence-corrected chi connectivity index (χ4v) is 4.30. The summed E-state index contributed by atoms with van der Waals surface area (Å²) in [7, 11) is 7.82. The normalized spacial score (nSPS) is 17.1. The number of carboxylic acid groups (broad SMARTS) is 1. The number of aliphatic carboxylic acids is 1. The third kappa shape index (κ3) is 4.20. The molecule has 1 aliphatic rings. The molecule has 0 amide bonds. The zero-order valence-corrected chi connectivity index (χ0v) is 18.5. The van der Waals surface area contributed by atoms with Crippen LogP contribution in [0.2, 0.25) is 0 Å². The summed E-state index contributed by atoms with van der Waals surface area (Å²) < 4.78 is 27.9. The van der Waals surface area contributed by atoms with Crippen LogP contribution in [0, 0.1) is 0 Å². The summed E-state index contributed by atoms with van der Waals surface area (Å²) in [6.45, 7) is 0.611. The first-order chi connectivity index (χ1) is 15.0. The lowest BCUT2D eigenvalue weighted by molar-refractivity contribution is -0.142. The Bertz CT molecular complexity index is 883. The van der Waals surface area contributed by atoms with Gasteiger partial charge < -0.3 is 28.8 Å². The van der Waals surface area contributed by atoms with Gasteiger partial charge in [0, 0.05) is 6.54 Å². The van der Waals surface area contributed by atoms with Gasteiger partial charge in [-0.2, -0.15) is 0 Å². The molecule has 0 spiro atoms. The van der Waals surface area contributed by atoms with Gasteiger partial charge in [0.25, 0.3) is 0 Å². The van der Waals surface area contributed by atoms with Crippen LogP contribution in [0.25, 0.3) is 0 Å². The summed E-state index contributed by atoms with van der Waals surface area (Å²) in [5.74, 6) is 1.80. The summed E-state index contributed by atoms with van der Waals surface area (Å²) in [5.41, 5.74) is 1.53. The Labute approximate surface area is 182 Å². The van der Waals surface area contributed by atoms with E-state index in [2.05, 4.69) is 0 Å². The molecule has 0 saturated carbocycles. The second-order valence-corrected chi connectivity index (χ2v) is 7.17. The first-order valence-electron chi connectivity index (χ1n) is 10.00. The second-order valence-electron chi connectivity index (χ2n) is 7.17. The predicted molar refractivity (Wildman–Crippen MR) is 115 cm³/mol. The highest BCUT2D eigenvalue weighted by atomic mass is 16.5. The molecule has 168 valence electrons. The van der Waals surface area contributed by atoms with Gasteiger partial charge in [0.2, 0.25) is 5.75 Å². The van der Waals surface area contributed by atoms with E-state index in [0.29, 0.717) is 41.7 Å². The minimum absolute atomic E-state index is 0.468. The number of hydrogen-bond acceptors (Lipinski definition) is 7. The number of benzene rings is 2. The monoisotopic (exact) mass is 431 g/mol. The number of rotatable bonds is 9. The van der Waals surface area contributed by atoms with Crippen LogP contribution in [0.15, 0.2) is 30.3 Å². The topological polar surface area (TPSA) is 86.7 Å². The Hall–Kier alpha value is -3.13. The van der Waals surface area contributed by atoms with Gasteiger partial charge in [-0.25, -0.2) is 0 Å². The van der Waals surface area contributed by atoms with E-state index in [0.717, 1.165) is 17.5 Å². The Balaban J connectivity index is 2.30. The molecule has 8 nitrogen and oxygen atoms in total. The average Bonchev–Trinajstić information content (AvgIpc) is 3.28. The summed E-state index contributed by atoms with van der Waals surface area (Å²) >= 11 is 0. The molecule has 8 heteroatoms. The van der Waals surface area contributed by atoms with Crippen LogP contribution in [0.1, 0.15) is 30.0 Å². The molecule has 2 aromatic rings. The quantitative estimate of drug-likeness (QED) is 0.647. The van der Waals surface area contributed by atoms with Crippen molar-refractivity contribution in [1.29, 1.82) is 0 Å². The SMILES string of the molecule is COc1cc(C(c2c(OC)cccc2OC)N2CCCC2C(=O)O)cc(OC)c1OC. The van der Waals surface area contributed by atoms with Crippen LogP contribution in [-0.4, -0.2) is 64.1 Å². The molecule has 31 heavy (non-hydrogen) atoms. The molecule has 1 N–H and O–H groups in total. The molecular formula is C23H29NO7. The van der Waals surface area contributed by atoms with Crippen molar-refractivity contribution < 1.29 is 33.6 Å². The molecule has 2 unspecified atom stereocenters. The molecular weight excluding hydrogens is 402 g/mol. The molecule has 0 radical (unpaired) electrons. The van der Waals surface area contributed by atoms with Crippen molar-refractivity contribution in [3.8, 4) is 28.7 Å². The molecule has 0 bridgehead atoms. The molecule has 2 atom stereocenters. The number of carbonyl (C=O) groups is 1. The number of nitrogens with zero attached hydrogens (tertiary/aromatic N) is 1. The van der Waals surface area contributed by atoms with E-state index in [-0.39, 0.29) is 0 Å². The number of hydrogen-bond donors (Lipinski definition) is 1. The third-order valence-electron chi connectivity index (χ3n) is 5.65. The predicted octanol–water partition coefficient (Wildman–Crippen LogP) is 3.37. The van der Waals surface area contributed by atoms with E-state index in [4.69, 9.17) is 23.7 Å². The smallest absolute Gasteiger partial charge is 0.320 e. The van der Waals surface area contributed by atoms with Gasteiger partial charge >= 0.3 is 5.97 Å². The summed E-state index contributed by atoms with van der Waals surface area (Å²) in [6, 6.07) is 8.10. The Morgan fingerprint density at radius 2 is 1.48 bits per heavy atom. The van der Waals surface area contributed by atoms with Crippen molar-refractivity contribution in [3.05, 3.63) is 41.5 Å². The number of likely N-dealkylation sites (tertiary alicyclic amines) is 1. The van der Waals surface area contributed by atoms with E-state index in [1.54, 1.807) is 35.5 Å². The molecule has 3 rings (SSSR count). The molecule has 1 fully saturated rings. The molecule has 0 aliphatic carbocycles. The molecule has 1 aliphatic heterocycles. The highest BCUT2D eigenvalue weighted by molar-refractivity contribution is 5.74. The van der Waals surface area contributed by atoms with Crippen molar-refractivity contribution >= 4 is 5.97 Å². The average molecular weight is 431 g/mol. The lowest BCUT2D eigenvalue weighted by atomic mass is 9.93. The van der Waals surface area contributed by atoms with Crippen molar-refractivity contribution in [1.82, 2.24) is 4.90 Å². The van der Waals surface area contributed by atoms with Gasteiger partial charge in [-0.15, -0.1) is 0 Å². The van der Waals surface area contributed by atoms with Gasteiger partial charge in [-0.05, 0) is 42.7 Å². The van der Waals surface area contributed by atoms with Crippen LogP contribution >= 0.6 is 0 Å². The maximum atomic E-state index is 12.1. The molecule has 2 aromatic carbocycles. The Kier molecular flexibility index (Phi) is 7.12. The van der Waals surface area contributed by atoms with Gasteiger partial charge in [-0.1, -0.05) is 6.07 Å². The fourth-order valence-electron chi connectivity index (χ4n) is 4.30. The largest absolute Gasteiger partial charge is 0.496 e. The van der Waals surface area contributed by atoms with Crippen molar-refractivity contribution in [2.24, 2.45) is 0 Å². The molecule has 1 saturated heterocycles. The first kappa shape index (κ1) is 22.6. The lowest BCUT2D eigenvalue weighted by Crippen LogP contribution is -2.39. The fraction of sp³-hybridized carbons (Fsp3) is 0.435. The zero-order valence-electron chi connectivity index (χ0n) is 18.5. The number of carboxylic acids is 1. The Morgan fingerprint density at radius 3 is 1.94 bits per heavy atom. The Morgan fingerprint density at radius 1 is 0.935 bits per heavy atom. The third-order valence-corrected chi connectivity index (χ3v) is 5.65. The van der Waals surface area contributed by atoms with Gasteiger partial charge in [0.1, 0.15) is 17.5 Å². The van der Waals surface area contributed by atoms with Gasteiger partial charge in [-0.3, -0.25) is 9.69 Å². The van der Waals surface area contributed by atoms with Crippen LogP contribution in [-0.2, 0) is 4.79 Å². The summed E-state index contributed by atoms with van der Waals surface area (Å²) in [6.07, 6.45) is 1.34. The van der Waals surface area contributed by atoms with Gasteiger partial charge in [0.05, 0.1) is 47.2 Å². The lowest BCUT2D eigenvalue weighted by Gasteiger charge is -2.34. The van der Waals surface area contributed by atoms with Crippen LogP contribution in [0.4, 0.5) is 0 Å². The van der Waals surface area contributed by atoms with Crippen molar-refractivity contribution in [2.75, 3.05) is 42.1 Å². The second kappa shape index (κ2) is 9.78. The first-order valence-corrected chi connectivity index (χ1v) is 10.00. The minimum Gasteiger partial charge on any atom is -0.496 e. The number of methoxy groups -OCH3 is 5. The zero-order chi connectivity index (χ0) is 22.5. The van der Waals surface area contributed by atoms with E-state index in [1.165, 1.54) is 0 Å². The maximum absolute atomic E-state index is 12.1. The molecule has 1 heterocycles. The van der Waals surface area contributed by atoms with Crippen LogP contribution in [0.3, 0.4) is 0 Å². The van der Waals surface area contributed by atoms with Crippen LogP contribution in [0.5, 0.6) is 28.7 Å². The van der Waals surface area contributed by atoms with Gasteiger partial charge in [0.15, 0.2) is 11.5 Å². The number of ether oxygens (including phenoxy) is 5. The minimum atomic E-state index is -0.858. The highest BCUT2D eigenvalue weighted by Gasteiger charge is 2.40. The van der Waals surface area contributed by atoms with E-state index >= 15 is 0 Å². The summed E-state index contributed by atoms with van der Waals surface area (Å²) in [5, 5.41) is 9.89. The highest BCUT2D eigenvalue weighted by Crippen LogP contribution is 2.47. The van der Waals surface area contributed by atoms with E-state index in [9.17, 15) is 9.90 Å². The molecule has 0 aromatic heterocycles. The van der Waals surface area contributed by atoms with Crippen molar-refractivity contribution in [2.45, 2.75) is 24.9 Å². The van der Waals surface area contributed by atoms with E-state index < -0.39 is 18.1 Å². The maximum Gasteiger partial charge on any atom is 0.320 e. The van der Waals surface area contributed by atoms with Crippen molar-refractivity contribution in [3.63, 3.8) is 0 Å². The summed E-state index contributed by atoms with van der Waals surface area (Å²) in [4.78, 5) is 14.0. The van der Waals surface area contributed by atoms with E-state index in [1.807, 2.05) is 35.2 Å². The standard InChI is InChI=1S/C23H29NO7/c1-27-16-9-6-10-17(28-2)20(16)21(24-11-7-8-15(24)23(25)26)14-12-18(29-3)22(31-5)19(13-14)30-4/h6,9-10,12-13,15,21H,7-8,11H2,1-5H3,(H,25,26). The van der Waals surface area contributed by atoms with Crippen LogP contribution < -0.4 is 23.7 Å².